The Bertz CT molecular complexity index is 661. The molecule has 2 aromatic rings. The molecular formula is C15H15NO3S. The summed E-state index contributed by atoms with van der Waals surface area (Å²) in [6.07, 6.45) is 0. The molecule has 1 heterocycles. The highest BCUT2D eigenvalue weighted by molar-refractivity contribution is 7.16. The third kappa shape index (κ3) is 3.05. The van der Waals surface area contributed by atoms with Gasteiger partial charge in [-0.25, -0.2) is 4.79 Å². The van der Waals surface area contributed by atoms with Crippen molar-refractivity contribution >= 4 is 28.9 Å². The summed E-state index contributed by atoms with van der Waals surface area (Å²) < 4.78 is 4.62. The number of rotatable bonds is 3. The topological polar surface area (TPSA) is 55.4 Å². The molecule has 20 heavy (non-hydrogen) atoms. The van der Waals surface area contributed by atoms with E-state index in [0.29, 0.717) is 9.75 Å². The second-order valence-corrected chi connectivity index (χ2v) is 5.51. The second kappa shape index (κ2) is 5.88. The highest BCUT2D eigenvalue weighted by atomic mass is 32.1. The van der Waals surface area contributed by atoms with Gasteiger partial charge in [0, 0.05) is 5.69 Å². The predicted molar refractivity (Wildman–Crippen MR) is 79.5 cm³/mol. The fourth-order valence-corrected chi connectivity index (χ4v) is 2.63. The maximum absolute atomic E-state index is 12.1. The molecule has 4 nitrogen and oxygen atoms in total. The number of methoxy groups -OCH3 is 1. The number of benzene rings is 1. The third-order valence-corrected chi connectivity index (χ3v) is 3.91. The van der Waals surface area contributed by atoms with Gasteiger partial charge < -0.3 is 10.1 Å². The molecule has 104 valence electrons. The number of anilines is 1. The van der Waals surface area contributed by atoms with Crippen LogP contribution in [0.3, 0.4) is 0 Å². The number of carbonyl (C=O) groups excluding carboxylic acids is 2. The summed E-state index contributed by atoms with van der Waals surface area (Å²) in [6.45, 7) is 3.94. The van der Waals surface area contributed by atoms with Gasteiger partial charge in [0.05, 0.1) is 12.0 Å². The average molecular weight is 289 g/mol. The van der Waals surface area contributed by atoms with Crippen molar-refractivity contribution in [1.82, 2.24) is 0 Å². The van der Waals surface area contributed by atoms with E-state index in [1.165, 1.54) is 7.11 Å². The first-order valence-electron chi connectivity index (χ1n) is 6.08. The highest BCUT2D eigenvalue weighted by Gasteiger charge is 2.14. The molecule has 0 radical (unpaired) electrons. The summed E-state index contributed by atoms with van der Waals surface area (Å²) in [4.78, 5) is 24.4. The fourth-order valence-electron chi connectivity index (χ4n) is 1.81. The minimum atomic E-state index is -0.430. The Morgan fingerprint density at radius 1 is 1.10 bits per heavy atom. The first-order chi connectivity index (χ1) is 9.51. The number of hydrogen-bond donors (Lipinski definition) is 1. The number of ether oxygens (including phenoxy) is 1. The lowest BCUT2D eigenvalue weighted by Gasteiger charge is -2.07. The Morgan fingerprint density at radius 2 is 1.80 bits per heavy atom. The first-order valence-corrected chi connectivity index (χ1v) is 6.89. The van der Waals surface area contributed by atoms with Crippen LogP contribution in [0.1, 0.15) is 30.5 Å². The van der Waals surface area contributed by atoms with Gasteiger partial charge in [0.1, 0.15) is 4.88 Å². The number of esters is 1. The minimum absolute atomic E-state index is 0.225. The van der Waals surface area contributed by atoms with Gasteiger partial charge in [-0.2, -0.15) is 0 Å². The zero-order chi connectivity index (χ0) is 14.7. The fraction of sp³-hybridized carbons (Fsp3) is 0.200. The maximum Gasteiger partial charge on any atom is 0.348 e. The van der Waals surface area contributed by atoms with Gasteiger partial charge >= 0.3 is 5.97 Å². The smallest absolute Gasteiger partial charge is 0.348 e. The molecule has 0 saturated carbocycles. The van der Waals surface area contributed by atoms with Gasteiger partial charge in [-0.05, 0) is 37.6 Å². The highest BCUT2D eigenvalue weighted by Crippen LogP contribution is 2.21. The van der Waals surface area contributed by atoms with Crippen LogP contribution in [0.4, 0.5) is 5.69 Å². The normalized spacial score (nSPS) is 10.2. The Kier molecular flexibility index (Phi) is 4.20. The van der Waals surface area contributed by atoms with E-state index in [9.17, 15) is 9.59 Å². The van der Waals surface area contributed by atoms with Crippen LogP contribution < -0.4 is 5.32 Å². The van der Waals surface area contributed by atoms with E-state index < -0.39 is 5.97 Å². The molecular weight excluding hydrogens is 274 g/mol. The molecule has 0 aliphatic carbocycles. The average Bonchev–Trinajstić information content (AvgIpc) is 2.90. The van der Waals surface area contributed by atoms with Crippen molar-refractivity contribution in [3.05, 3.63) is 51.2 Å². The van der Waals surface area contributed by atoms with Gasteiger partial charge in [0.2, 0.25) is 0 Å². The quantitative estimate of drug-likeness (QED) is 0.881. The molecule has 1 aromatic carbocycles. The summed E-state index contributed by atoms with van der Waals surface area (Å²) in [5.74, 6) is -0.655. The van der Waals surface area contributed by atoms with Crippen molar-refractivity contribution in [2.45, 2.75) is 13.8 Å². The molecule has 0 spiro atoms. The second-order valence-electron chi connectivity index (χ2n) is 4.43. The zero-order valence-electron chi connectivity index (χ0n) is 11.5. The van der Waals surface area contributed by atoms with Crippen LogP contribution >= 0.6 is 11.3 Å². The van der Waals surface area contributed by atoms with E-state index >= 15 is 0 Å². The molecule has 0 unspecified atom stereocenters. The van der Waals surface area contributed by atoms with Gasteiger partial charge in [-0.3, -0.25) is 4.79 Å². The van der Waals surface area contributed by atoms with Gasteiger partial charge in [-0.1, -0.05) is 17.7 Å². The van der Waals surface area contributed by atoms with Crippen molar-refractivity contribution in [3.8, 4) is 0 Å². The van der Waals surface area contributed by atoms with E-state index in [2.05, 4.69) is 10.1 Å². The standard InChI is InChI=1S/C15H15NO3S/c1-9-4-5-11(10(2)8-9)16-14(17)12-6-7-13(20-12)15(18)19-3/h4-8H,1-3H3,(H,16,17). The first kappa shape index (κ1) is 14.3. The molecule has 5 heteroatoms. The van der Waals surface area contributed by atoms with Crippen LogP contribution in [0.5, 0.6) is 0 Å². The molecule has 0 atom stereocenters. The summed E-state index contributed by atoms with van der Waals surface area (Å²) in [5.41, 5.74) is 2.92. The number of carbonyl (C=O) groups is 2. The Morgan fingerprint density at radius 3 is 2.45 bits per heavy atom. The van der Waals surface area contributed by atoms with E-state index in [1.54, 1.807) is 12.1 Å². The lowest BCUT2D eigenvalue weighted by atomic mass is 10.1. The Labute approximate surface area is 121 Å². The van der Waals surface area contributed by atoms with E-state index in [1.807, 2.05) is 32.0 Å². The molecule has 0 aliphatic rings. The molecule has 1 N–H and O–H groups in total. The third-order valence-electron chi connectivity index (χ3n) is 2.85. The predicted octanol–water partition coefficient (Wildman–Crippen LogP) is 3.40. The van der Waals surface area contributed by atoms with Crippen molar-refractivity contribution in [2.24, 2.45) is 0 Å². The van der Waals surface area contributed by atoms with Crippen LogP contribution in [0, 0.1) is 13.8 Å². The van der Waals surface area contributed by atoms with Crippen LogP contribution in [0.15, 0.2) is 30.3 Å². The summed E-state index contributed by atoms with van der Waals surface area (Å²) >= 11 is 1.12. The lowest BCUT2D eigenvalue weighted by Crippen LogP contribution is -2.11. The molecule has 0 fully saturated rings. The van der Waals surface area contributed by atoms with Crippen LogP contribution in [-0.2, 0) is 4.74 Å². The number of aryl methyl sites for hydroxylation is 2. The van der Waals surface area contributed by atoms with Gasteiger partial charge in [0.15, 0.2) is 0 Å². The van der Waals surface area contributed by atoms with E-state index in [0.717, 1.165) is 28.2 Å². The van der Waals surface area contributed by atoms with Gasteiger partial charge in [0.25, 0.3) is 5.91 Å². The SMILES string of the molecule is COC(=O)c1ccc(C(=O)Nc2ccc(C)cc2C)s1. The molecule has 1 aromatic heterocycles. The van der Waals surface area contributed by atoms with Crippen molar-refractivity contribution < 1.29 is 14.3 Å². The molecule has 0 aliphatic heterocycles. The van der Waals surface area contributed by atoms with E-state index in [-0.39, 0.29) is 5.91 Å². The number of thiophene rings is 1. The lowest BCUT2D eigenvalue weighted by molar-refractivity contribution is 0.0606. The molecule has 0 bridgehead atoms. The van der Waals surface area contributed by atoms with Crippen molar-refractivity contribution in [2.75, 3.05) is 12.4 Å². The van der Waals surface area contributed by atoms with Crippen LogP contribution in [0.2, 0.25) is 0 Å². The van der Waals surface area contributed by atoms with Crippen LogP contribution in [0.25, 0.3) is 0 Å². The summed E-state index contributed by atoms with van der Waals surface area (Å²) in [7, 11) is 1.32. The van der Waals surface area contributed by atoms with Crippen molar-refractivity contribution in [1.29, 1.82) is 0 Å². The molecule has 1 amide bonds. The largest absolute Gasteiger partial charge is 0.465 e. The zero-order valence-corrected chi connectivity index (χ0v) is 12.3. The van der Waals surface area contributed by atoms with Gasteiger partial charge in [-0.15, -0.1) is 11.3 Å². The molecule has 0 saturated heterocycles. The minimum Gasteiger partial charge on any atom is -0.465 e. The Balaban J connectivity index is 2.16. The molecule has 2 rings (SSSR count). The number of hydrogen-bond acceptors (Lipinski definition) is 4. The maximum atomic E-state index is 12.1. The summed E-state index contributed by atoms with van der Waals surface area (Å²) in [6, 6.07) is 9.03. The summed E-state index contributed by atoms with van der Waals surface area (Å²) in [5, 5.41) is 2.84. The number of nitrogens with one attached hydrogen (secondary N) is 1. The van der Waals surface area contributed by atoms with E-state index in [4.69, 9.17) is 0 Å². The monoisotopic (exact) mass is 289 g/mol. The van der Waals surface area contributed by atoms with Crippen molar-refractivity contribution in [3.63, 3.8) is 0 Å². The van der Waals surface area contributed by atoms with Crippen LogP contribution in [-0.4, -0.2) is 19.0 Å². The number of amides is 1. The Hall–Kier alpha value is -2.14.